The molecule has 5 N–H and O–H groups in total. The Balaban J connectivity index is 2.44. The van der Waals surface area contributed by atoms with E-state index in [1.165, 1.54) is 6.92 Å². The fourth-order valence-electron chi connectivity index (χ4n) is 1.37. The number of aliphatic hydroxyl groups is 1. The van der Waals surface area contributed by atoms with Crippen LogP contribution in [0.1, 0.15) is 24.7 Å². The molecular formula is C11H19N5O4S. The molecule has 0 saturated heterocycles. The summed E-state index contributed by atoms with van der Waals surface area (Å²) < 4.78 is 4.95. The van der Waals surface area contributed by atoms with E-state index in [0.717, 1.165) is 0 Å². The number of amides is 2. The van der Waals surface area contributed by atoms with Gasteiger partial charge in [-0.05, 0) is 13.2 Å². The van der Waals surface area contributed by atoms with E-state index in [9.17, 15) is 14.7 Å². The molecule has 10 heteroatoms. The topological polar surface area (TPSA) is 143 Å². The highest BCUT2D eigenvalue weighted by atomic mass is 32.2. The minimum absolute atomic E-state index is 0.00376. The molecule has 0 fully saturated rings. The van der Waals surface area contributed by atoms with Gasteiger partial charge in [0.1, 0.15) is 12.3 Å². The van der Waals surface area contributed by atoms with Crippen molar-refractivity contribution < 1.29 is 19.2 Å². The van der Waals surface area contributed by atoms with E-state index in [1.807, 2.05) is 6.26 Å². The third kappa shape index (κ3) is 5.69. The molecule has 1 rings (SSSR count). The molecule has 3 unspecified atom stereocenters. The summed E-state index contributed by atoms with van der Waals surface area (Å²) >= 11 is 1.56. The first-order valence-electron chi connectivity index (χ1n) is 6.22. The lowest BCUT2D eigenvalue weighted by atomic mass is 10.2. The van der Waals surface area contributed by atoms with Crippen molar-refractivity contribution in [2.24, 2.45) is 5.73 Å². The number of rotatable bonds is 8. The molecule has 0 aromatic carbocycles. The third-order valence-electron chi connectivity index (χ3n) is 2.53. The number of carbonyl (C=O) groups is 2. The van der Waals surface area contributed by atoms with Crippen LogP contribution >= 0.6 is 11.8 Å². The van der Waals surface area contributed by atoms with Crippen LogP contribution in [0.25, 0.3) is 0 Å². The number of carbonyl (C=O) groups excluding carboxylic acids is 2. The number of hydrogen-bond donors (Lipinski definition) is 4. The Morgan fingerprint density at radius 2 is 2.33 bits per heavy atom. The molecule has 1 heterocycles. The quantitative estimate of drug-likeness (QED) is 0.455. The Morgan fingerprint density at radius 3 is 2.90 bits per heavy atom. The highest BCUT2D eigenvalue weighted by molar-refractivity contribution is 7.98. The van der Waals surface area contributed by atoms with Gasteiger partial charge in [-0.2, -0.15) is 16.7 Å². The van der Waals surface area contributed by atoms with Gasteiger partial charge in [-0.3, -0.25) is 0 Å². The standard InChI is InChI=1S/C11H19N5O4S/c1-6(18)8(4-17)14-11(19)13-3-9-15-10(16-20-9)7(12)5-21-2/h4,6-8,18H,3,5,12H2,1-2H3,(H2,13,14,19). The number of urea groups is 1. The average Bonchev–Trinajstić information content (AvgIpc) is 2.91. The lowest BCUT2D eigenvalue weighted by Gasteiger charge is -2.15. The van der Waals surface area contributed by atoms with E-state index in [2.05, 4.69) is 20.8 Å². The van der Waals surface area contributed by atoms with Crippen molar-refractivity contribution in [3.8, 4) is 0 Å². The molecule has 21 heavy (non-hydrogen) atoms. The van der Waals surface area contributed by atoms with Crippen LogP contribution in [0.5, 0.6) is 0 Å². The Morgan fingerprint density at radius 1 is 1.62 bits per heavy atom. The van der Waals surface area contributed by atoms with Crippen LogP contribution in [0.15, 0.2) is 4.52 Å². The monoisotopic (exact) mass is 317 g/mol. The van der Waals surface area contributed by atoms with E-state index < -0.39 is 18.2 Å². The second-order valence-corrected chi connectivity index (χ2v) is 5.25. The Kier molecular flexibility index (Phi) is 7.12. The number of thioether (sulfide) groups is 1. The fraction of sp³-hybridized carbons (Fsp3) is 0.636. The number of nitrogens with one attached hydrogen (secondary N) is 2. The van der Waals surface area contributed by atoms with Gasteiger partial charge in [-0.25, -0.2) is 4.79 Å². The van der Waals surface area contributed by atoms with Crippen LogP contribution in [0.3, 0.4) is 0 Å². The van der Waals surface area contributed by atoms with E-state index in [-0.39, 0.29) is 18.5 Å². The Labute approximate surface area is 126 Å². The molecule has 2 amide bonds. The molecule has 0 saturated carbocycles. The predicted molar refractivity (Wildman–Crippen MR) is 76.5 cm³/mol. The second-order valence-electron chi connectivity index (χ2n) is 4.34. The summed E-state index contributed by atoms with van der Waals surface area (Å²) in [5.41, 5.74) is 5.82. The minimum Gasteiger partial charge on any atom is -0.391 e. The number of aliphatic hydroxyl groups excluding tert-OH is 1. The summed E-state index contributed by atoms with van der Waals surface area (Å²) in [6, 6.07) is -1.93. The van der Waals surface area contributed by atoms with Crippen molar-refractivity contribution >= 4 is 24.1 Å². The Bertz CT molecular complexity index is 467. The molecule has 0 aliphatic heterocycles. The zero-order chi connectivity index (χ0) is 15.8. The largest absolute Gasteiger partial charge is 0.391 e. The van der Waals surface area contributed by atoms with Crippen LogP contribution in [0.4, 0.5) is 4.79 Å². The summed E-state index contributed by atoms with van der Waals surface area (Å²) in [5.74, 6) is 1.23. The molecule has 0 bridgehead atoms. The van der Waals surface area contributed by atoms with Crippen LogP contribution < -0.4 is 16.4 Å². The molecule has 0 radical (unpaired) electrons. The number of nitrogens with two attached hydrogens (primary N) is 1. The highest BCUT2D eigenvalue weighted by Gasteiger charge is 2.17. The Hall–Kier alpha value is -1.65. The highest BCUT2D eigenvalue weighted by Crippen LogP contribution is 2.10. The summed E-state index contributed by atoms with van der Waals surface area (Å²) in [4.78, 5) is 26.2. The van der Waals surface area contributed by atoms with Gasteiger partial charge in [0, 0.05) is 5.75 Å². The minimum atomic E-state index is -0.979. The van der Waals surface area contributed by atoms with Crippen LogP contribution in [-0.4, -0.2) is 51.7 Å². The third-order valence-corrected chi connectivity index (χ3v) is 3.22. The predicted octanol–water partition coefficient (Wildman–Crippen LogP) is -0.820. The van der Waals surface area contributed by atoms with Gasteiger partial charge in [0.2, 0.25) is 5.89 Å². The first-order chi connectivity index (χ1) is 9.97. The van der Waals surface area contributed by atoms with Crippen molar-refractivity contribution in [1.82, 2.24) is 20.8 Å². The van der Waals surface area contributed by atoms with Gasteiger partial charge in [0.05, 0.1) is 18.7 Å². The molecular weight excluding hydrogens is 298 g/mol. The van der Waals surface area contributed by atoms with Gasteiger partial charge >= 0.3 is 6.03 Å². The number of aromatic nitrogens is 2. The van der Waals surface area contributed by atoms with Gasteiger partial charge in [-0.15, -0.1) is 0 Å². The molecule has 0 aliphatic carbocycles. The van der Waals surface area contributed by atoms with E-state index >= 15 is 0 Å². The normalized spacial score (nSPS) is 15.0. The average molecular weight is 317 g/mol. The first-order valence-corrected chi connectivity index (χ1v) is 7.62. The summed E-state index contributed by atoms with van der Waals surface area (Å²) in [6.07, 6.45) is 1.39. The van der Waals surface area contributed by atoms with Crippen molar-refractivity contribution in [3.63, 3.8) is 0 Å². The maximum atomic E-state index is 11.5. The maximum Gasteiger partial charge on any atom is 0.315 e. The van der Waals surface area contributed by atoms with Crippen LogP contribution in [0, 0.1) is 0 Å². The summed E-state index contributed by atoms with van der Waals surface area (Å²) in [7, 11) is 0. The second kappa shape index (κ2) is 8.60. The van der Waals surface area contributed by atoms with Crippen molar-refractivity contribution in [3.05, 3.63) is 11.7 Å². The molecule has 1 aromatic heterocycles. The zero-order valence-electron chi connectivity index (χ0n) is 11.8. The zero-order valence-corrected chi connectivity index (χ0v) is 12.6. The SMILES string of the molecule is CSCC(N)c1noc(CNC(=O)NC(C=O)C(C)O)n1. The van der Waals surface area contributed by atoms with Crippen molar-refractivity contribution in [2.45, 2.75) is 31.7 Å². The summed E-state index contributed by atoms with van der Waals surface area (Å²) in [5, 5.41) is 17.7. The van der Waals surface area contributed by atoms with Crippen molar-refractivity contribution in [1.29, 1.82) is 0 Å². The van der Waals surface area contributed by atoms with E-state index in [0.29, 0.717) is 17.9 Å². The lowest BCUT2D eigenvalue weighted by molar-refractivity contribution is -0.111. The van der Waals surface area contributed by atoms with E-state index in [4.69, 9.17) is 10.3 Å². The molecule has 0 aliphatic rings. The molecule has 9 nitrogen and oxygen atoms in total. The van der Waals surface area contributed by atoms with Gasteiger partial charge in [-0.1, -0.05) is 5.16 Å². The maximum absolute atomic E-state index is 11.5. The number of nitrogens with zero attached hydrogens (tertiary/aromatic N) is 2. The van der Waals surface area contributed by atoms with Gasteiger partial charge in [0.15, 0.2) is 5.82 Å². The van der Waals surface area contributed by atoms with E-state index in [1.54, 1.807) is 11.8 Å². The van der Waals surface area contributed by atoms with Crippen LogP contribution in [-0.2, 0) is 11.3 Å². The lowest BCUT2D eigenvalue weighted by Crippen LogP contribution is -2.47. The summed E-state index contributed by atoms with van der Waals surface area (Å²) in [6.45, 7) is 1.40. The molecule has 0 spiro atoms. The first kappa shape index (κ1) is 17.4. The van der Waals surface area contributed by atoms with Gasteiger partial charge in [0.25, 0.3) is 0 Å². The smallest absolute Gasteiger partial charge is 0.315 e. The molecule has 3 atom stereocenters. The molecule has 118 valence electrons. The van der Waals surface area contributed by atoms with Crippen LogP contribution in [0.2, 0.25) is 0 Å². The molecule has 1 aromatic rings. The fourth-order valence-corrected chi connectivity index (χ4v) is 1.88. The van der Waals surface area contributed by atoms with Gasteiger partial charge < -0.3 is 30.8 Å². The number of aldehydes is 1. The number of hydrogen-bond acceptors (Lipinski definition) is 8. The van der Waals surface area contributed by atoms with Crippen molar-refractivity contribution in [2.75, 3.05) is 12.0 Å².